The minimum atomic E-state index is 0.430. The van der Waals surface area contributed by atoms with Gasteiger partial charge >= 0.3 is 0 Å². The summed E-state index contributed by atoms with van der Waals surface area (Å²) in [5.74, 6) is 2.35. The van der Waals surface area contributed by atoms with E-state index in [0.29, 0.717) is 5.82 Å². The van der Waals surface area contributed by atoms with E-state index in [0.717, 1.165) is 17.7 Å². The normalized spacial score (nSPS) is 14.1. The molecule has 0 amide bonds. The lowest BCUT2D eigenvalue weighted by atomic mass is 10.1. The number of nitrogens with zero attached hydrogens (tertiary/aromatic N) is 1. The van der Waals surface area contributed by atoms with Crippen LogP contribution in [0.4, 0.5) is 5.82 Å². The van der Waals surface area contributed by atoms with E-state index in [1.807, 2.05) is 11.8 Å². The van der Waals surface area contributed by atoms with Crippen molar-refractivity contribution in [3.63, 3.8) is 0 Å². The highest BCUT2D eigenvalue weighted by Crippen LogP contribution is 2.34. The molecule has 0 fully saturated rings. The topological polar surface area (TPSA) is 52.0 Å². The third-order valence-corrected chi connectivity index (χ3v) is 3.62. The minimum Gasteiger partial charge on any atom is -0.381 e. The number of hydrogen-bond acceptors (Lipinski definition) is 4. The average molecular weight is 218 g/mol. The fraction of sp³-hybridized carbons (Fsp3) is 0.182. The Hall–Kier alpha value is -1.42. The van der Waals surface area contributed by atoms with E-state index in [1.165, 1.54) is 16.2 Å². The Morgan fingerprint density at radius 2 is 2.27 bits per heavy atom. The molecular formula is C11H10N2OS. The van der Waals surface area contributed by atoms with Crippen LogP contribution in [0.3, 0.4) is 0 Å². The van der Waals surface area contributed by atoms with Crippen molar-refractivity contribution in [2.24, 2.45) is 0 Å². The van der Waals surface area contributed by atoms with Gasteiger partial charge in [-0.15, -0.1) is 11.8 Å². The summed E-state index contributed by atoms with van der Waals surface area (Å²) in [6.07, 6.45) is 1.14. The SMILES string of the molecule is Nc1cc(-c2ccc3c(c2)CCS3)on1. The third-order valence-electron chi connectivity index (χ3n) is 2.50. The Morgan fingerprint density at radius 1 is 1.33 bits per heavy atom. The average Bonchev–Trinajstić information content (AvgIpc) is 2.84. The monoisotopic (exact) mass is 218 g/mol. The predicted molar refractivity (Wildman–Crippen MR) is 60.8 cm³/mol. The highest BCUT2D eigenvalue weighted by Gasteiger charge is 2.13. The zero-order chi connectivity index (χ0) is 10.3. The van der Waals surface area contributed by atoms with Crippen LogP contribution in [-0.4, -0.2) is 10.9 Å². The Balaban J connectivity index is 2.06. The van der Waals surface area contributed by atoms with Gasteiger partial charge in [-0.25, -0.2) is 0 Å². The molecule has 4 heteroatoms. The molecule has 0 spiro atoms. The number of nitrogen functional groups attached to an aromatic ring is 1. The molecule has 0 saturated heterocycles. The summed E-state index contributed by atoms with van der Waals surface area (Å²) in [6, 6.07) is 8.11. The predicted octanol–water partition coefficient (Wildman–Crippen LogP) is 2.57. The first kappa shape index (κ1) is 8.85. The number of anilines is 1. The van der Waals surface area contributed by atoms with Gasteiger partial charge in [0.25, 0.3) is 0 Å². The summed E-state index contributed by atoms with van der Waals surface area (Å²) in [5.41, 5.74) is 7.97. The van der Waals surface area contributed by atoms with Crippen LogP contribution in [0.2, 0.25) is 0 Å². The van der Waals surface area contributed by atoms with Crippen molar-refractivity contribution >= 4 is 17.6 Å². The largest absolute Gasteiger partial charge is 0.381 e. The van der Waals surface area contributed by atoms with E-state index in [1.54, 1.807) is 6.07 Å². The fourth-order valence-corrected chi connectivity index (χ4v) is 2.82. The van der Waals surface area contributed by atoms with Gasteiger partial charge in [-0.3, -0.25) is 0 Å². The van der Waals surface area contributed by atoms with Crippen LogP contribution in [0, 0.1) is 0 Å². The number of fused-ring (bicyclic) bond motifs is 1. The summed E-state index contributed by atoms with van der Waals surface area (Å²) < 4.78 is 5.13. The molecule has 2 heterocycles. The summed E-state index contributed by atoms with van der Waals surface area (Å²) >= 11 is 1.91. The van der Waals surface area contributed by atoms with Crippen molar-refractivity contribution in [3.8, 4) is 11.3 Å². The van der Waals surface area contributed by atoms with Gasteiger partial charge in [0.2, 0.25) is 0 Å². The smallest absolute Gasteiger partial charge is 0.169 e. The van der Waals surface area contributed by atoms with Gasteiger partial charge in [0, 0.05) is 22.3 Å². The number of hydrogen-bond donors (Lipinski definition) is 1. The summed E-state index contributed by atoms with van der Waals surface area (Å²) in [6.45, 7) is 0. The molecule has 0 aliphatic carbocycles. The number of rotatable bonds is 1. The first-order valence-electron chi connectivity index (χ1n) is 4.81. The first-order valence-corrected chi connectivity index (χ1v) is 5.80. The summed E-state index contributed by atoms with van der Waals surface area (Å²) in [4.78, 5) is 1.38. The standard InChI is InChI=1S/C11H10N2OS/c12-11-6-9(14-13-11)7-1-2-10-8(5-7)3-4-15-10/h1-2,5-6H,3-4H2,(H2,12,13). The molecule has 3 rings (SSSR count). The third kappa shape index (κ3) is 1.51. The molecule has 1 aromatic carbocycles. The zero-order valence-corrected chi connectivity index (χ0v) is 8.88. The molecule has 2 aromatic rings. The minimum absolute atomic E-state index is 0.430. The second-order valence-electron chi connectivity index (χ2n) is 3.54. The van der Waals surface area contributed by atoms with Gasteiger partial charge in [-0.2, -0.15) is 0 Å². The second kappa shape index (κ2) is 3.31. The molecule has 3 nitrogen and oxygen atoms in total. The lowest BCUT2D eigenvalue weighted by Gasteiger charge is -2.00. The number of aryl methyl sites for hydroxylation is 1. The summed E-state index contributed by atoms with van der Waals surface area (Å²) in [5, 5.41) is 3.68. The van der Waals surface area contributed by atoms with E-state index in [2.05, 4.69) is 23.4 Å². The maximum Gasteiger partial charge on any atom is 0.169 e. The lowest BCUT2D eigenvalue weighted by molar-refractivity contribution is 0.436. The quantitative estimate of drug-likeness (QED) is 0.799. The Kier molecular flexibility index (Phi) is 1.95. The molecule has 0 bridgehead atoms. The van der Waals surface area contributed by atoms with Gasteiger partial charge in [-0.05, 0) is 24.1 Å². The molecule has 0 saturated carbocycles. The number of nitrogens with two attached hydrogens (primary N) is 1. The van der Waals surface area contributed by atoms with Crippen molar-refractivity contribution in [3.05, 3.63) is 29.8 Å². The molecule has 0 unspecified atom stereocenters. The Bertz CT molecular complexity index is 507. The lowest BCUT2D eigenvalue weighted by Crippen LogP contribution is -1.82. The van der Waals surface area contributed by atoms with E-state index in [4.69, 9.17) is 10.3 Å². The maximum absolute atomic E-state index is 5.52. The van der Waals surface area contributed by atoms with Crippen LogP contribution < -0.4 is 5.73 Å². The van der Waals surface area contributed by atoms with Gasteiger partial charge in [-0.1, -0.05) is 11.2 Å². The van der Waals surface area contributed by atoms with E-state index >= 15 is 0 Å². The zero-order valence-electron chi connectivity index (χ0n) is 8.06. The maximum atomic E-state index is 5.52. The van der Waals surface area contributed by atoms with Crippen molar-refractivity contribution in [1.29, 1.82) is 0 Å². The molecular weight excluding hydrogens is 208 g/mol. The van der Waals surface area contributed by atoms with Crippen molar-refractivity contribution in [2.75, 3.05) is 11.5 Å². The first-order chi connectivity index (χ1) is 7.33. The molecule has 1 aliphatic heterocycles. The molecule has 2 N–H and O–H groups in total. The number of aromatic nitrogens is 1. The van der Waals surface area contributed by atoms with Crippen LogP contribution in [0.25, 0.3) is 11.3 Å². The number of benzene rings is 1. The van der Waals surface area contributed by atoms with E-state index in [9.17, 15) is 0 Å². The molecule has 0 atom stereocenters. The van der Waals surface area contributed by atoms with Crippen LogP contribution in [0.15, 0.2) is 33.7 Å². The molecule has 1 aliphatic rings. The van der Waals surface area contributed by atoms with Crippen LogP contribution in [0.1, 0.15) is 5.56 Å². The molecule has 76 valence electrons. The Morgan fingerprint density at radius 3 is 3.07 bits per heavy atom. The van der Waals surface area contributed by atoms with Gasteiger partial charge in [0.15, 0.2) is 11.6 Å². The van der Waals surface area contributed by atoms with Crippen molar-refractivity contribution < 1.29 is 4.52 Å². The van der Waals surface area contributed by atoms with E-state index < -0.39 is 0 Å². The van der Waals surface area contributed by atoms with Crippen LogP contribution >= 0.6 is 11.8 Å². The molecule has 15 heavy (non-hydrogen) atoms. The number of thioether (sulfide) groups is 1. The molecule has 1 aromatic heterocycles. The van der Waals surface area contributed by atoms with Gasteiger partial charge in [0.1, 0.15) is 0 Å². The Labute approximate surface area is 91.6 Å². The highest BCUT2D eigenvalue weighted by molar-refractivity contribution is 7.99. The van der Waals surface area contributed by atoms with Gasteiger partial charge in [0.05, 0.1) is 0 Å². The van der Waals surface area contributed by atoms with Gasteiger partial charge < -0.3 is 10.3 Å². The summed E-state index contributed by atoms with van der Waals surface area (Å²) in [7, 11) is 0. The van der Waals surface area contributed by atoms with Crippen LogP contribution in [-0.2, 0) is 6.42 Å². The van der Waals surface area contributed by atoms with Crippen molar-refractivity contribution in [2.45, 2.75) is 11.3 Å². The molecule has 0 radical (unpaired) electrons. The second-order valence-corrected chi connectivity index (χ2v) is 4.67. The van der Waals surface area contributed by atoms with Crippen molar-refractivity contribution in [1.82, 2.24) is 5.16 Å². The van der Waals surface area contributed by atoms with E-state index in [-0.39, 0.29) is 0 Å². The van der Waals surface area contributed by atoms with Crippen LogP contribution in [0.5, 0.6) is 0 Å². The fourth-order valence-electron chi connectivity index (χ4n) is 1.76. The highest BCUT2D eigenvalue weighted by atomic mass is 32.2.